The lowest BCUT2D eigenvalue weighted by atomic mass is 10.1. The fraction of sp³-hybridized carbons (Fsp3) is 0.364. The highest BCUT2D eigenvalue weighted by Crippen LogP contribution is 2.18. The third kappa shape index (κ3) is 4.79. The molecule has 1 aliphatic heterocycles. The van der Waals surface area contributed by atoms with Crippen LogP contribution in [0.1, 0.15) is 32.1 Å². The summed E-state index contributed by atoms with van der Waals surface area (Å²) in [5, 5.41) is 0.582. The number of carbonyl (C=O) groups is 3. The number of pyridine rings is 1. The Morgan fingerprint density at radius 2 is 1.63 bits per heavy atom. The van der Waals surface area contributed by atoms with Gasteiger partial charge in [0.2, 0.25) is 5.91 Å². The molecule has 0 unspecified atom stereocenters. The van der Waals surface area contributed by atoms with Gasteiger partial charge in [0.05, 0.1) is 17.7 Å². The molecule has 1 saturated heterocycles. The van der Waals surface area contributed by atoms with Crippen molar-refractivity contribution in [1.29, 1.82) is 0 Å². The average molecular weight is 429 g/mol. The van der Waals surface area contributed by atoms with Crippen LogP contribution in [0.4, 0.5) is 0 Å². The smallest absolute Gasteiger partial charge is 0.271 e. The van der Waals surface area contributed by atoms with Crippen LogP contribution in [-0.2, 0) is 11.2 Å². The number of aryl methyl sites for hydroxylation is 1. The van der Waals surface area contributed by atoms with Crippen molar-refractivity contribution in [2.45, 2.75) is 13.3 Å². The van der Waals surface area contributed by atoms with Crippen LogP contribution < -0.4 is 0 Å². The van der Waals surface area contributed by atoms with Gasteiger partial charge in [0, 0.05) is 45.3 Å². The Bertz CT molecular complexity index is 969. The summed E-state index contributed by atoms with van der Waals surface area (Å²) in [5.74, 6) is -0.343. The molecule has 8 heteroatoms. The normalized spacial score (nSPS) is 13.9. The molecular weight excluding hydrogens is 404 g/mol. The Morgan fingerprint density at radius 1 is 1.00 bits per heavy atom. The molecule has 1 fully saturated rings. The highest BCUT2D eigenvalue weighted by Gasteiger charge is 2.26. The van der Waals surface area contributed by atoms with Crippen LogP contribution in [0.2, 0.25) is 5.02 Å². The molecule has 0 radical (unpaired) electrons. The van der Waals surface area contributed by atoms with Crippen molar-refractivity contribution < 1.29 is 14.4 Å². The maximum Gasteiger partial charge on any atom is 0.271 e. The van der Waals surface area contributed by atoms with Crippen molar-refractivity contribution in [2.75, 3.05) is 40.3 Å². The lowest BCUT2D eigenvalue weighted by Crippen LogP contribution is -2.51. The third-order valence-corrected chi connectivity index (χ3v) is 5.53. The number of amides is 3. The third-order valence-electron chi connectivity index (χ3n) is 5.16. The molecule has 30 heavy (non-hydrogen) atoms. The summed E-state index contributed by atoms with van der Waals surface area (Å²) in [7, 11) is 3.32. The van der Waals surface area contributed by atoms with Crippen molar-refractivity contribution in [2.24, 2.45) is 0 Å². The van der Waals surface area contributed by atoms with E-state index in [0.717, 1.165) is 5.56 Å². The second-order valence-electron chi connectivity index (χ2n) is 7.47. The molecule has 3 amide bonds. The Hall–Kier alpha value is -2.93. The highest BCUT2D eigenvalue weighted by atomic mass is 35.5. The molecule has 0 spiro atoms. The van der Waals surface area contributed by atoms with Gasteiger partial charge in [0.1, 0.15) is 5.69 Å². The summed E-state index contributed by atoms with van der Waals surface area (Å²) in [6.07, 6.45) is 0.248. The summed E-state index contributed by atoms with van der Waals surface area (Å²) in [6.45, 7) is 3.57. The van der Waals surface area contributed by atoms with E-state index in [9.17, 15) is 14.4 Å². The summed E-state index contributed by atoms with van der Waals surface area (Å²) in [4.78, 5) is 46.8. The molecule has 158 valence electrons. The first-order valence-corrected chi connectivity index (χ1v) is 10.2. The summed E-state index contributed by atoms with van der Waals surface area (Å²) in [5.41, 5.74) is 2.10. The Morgan fingerprint density at radius 3 is 2.23 bits per heavy atom. The molecule has 2 aromatic rings. The molecule has 0 bridgehead atoms. The second-order valence-corrected chi connectivity index (χ2v) is 7.88. The van der Waals surface area contributed by atoms with E-state index in [4.69, 9.17) is 11.6 Å². The minimum atomic E-state index is -0.206. The van der Waals surface area contributed by atoms with Crippen molar-refractivity contribution in [1.82, 2.24) is 19.7 Å². The van der Waals surface area contributed by atoms with Gasteiger partial charge in [-0.3, -0.25) is 14.4 Å². The van der Waals surface area contributed by atoms with Crippen LogP contribution in [-0.4, -0.2) is 77.7 Å². The lowest BCUT2D eigenvalue weighted by Gasteiger charge is -2.35. The monoisotopic (exact) mass is 428 g/mol. The van der Waals surface area contributed by atoms with Gasteiger partial charge >= 0.3 is 0 Å². The number of piperazine rings is 1. The second kappa shape index (κ2) is 9.26. The largest absolute Gasteiger partial charge is 0.343 e. The molecule has 1 aromatic carbocycles. The van der Waals surface area contributed by atoms with E-state index in [2.05, 4.69) is 4.98 Å². The highest BCUT2D eigenvalue weighted by molar-refractivity contribution is 6.31. The van der Waals surface area contributed by atoms with E-state index in [-0.39, 0.29) is 24.1 Å². The average Bonchev–Trinajstić information content (AvgIpc) is 2.74. The van der Waals surface area contributed by atoms with Crippen molar-refractivity contribution in [3.63, 3.8) is 0 Å². The van der Waals surface area contributed by atoms with Gasteiger partial charge in [-0.2, -0.15) is 0 Å². The van der Waals surface area contributed by atoms with E-state index in [0.29, 0.717) is 48.2 Å². The summed E-state index contributed by atoms with van der Waals surface area (Å²) in [6, 6.07) is 10.5. The van der Waals surface area contributed by atoms with Gasteiger partial charge in [-0.05, 0) is 30.7 Å². The van der Waals surface area contributed by atoms with Crippen LogP contribution in [0, 0.1) is 6.92 Å². The fourth-order valence-corrected chi connectivity index (χ4v) is 3.58. The van der Waals surface area contributed by atoms with Crippen LogP contribution in [0.25, 0.3) is 0 Å². The molecule has 7 nitrogen and oxygen atoms in total. The standard InChI is InChI=1S/C22H25ClN4O3/c1-15-17(8-9-19(24-15)22(30)25(2)3)21(29)27-12-10-26(11-13-27)20(28)14-16-6-4-5-7-18(16)23/h4-9H,10-14H2,1-3H3. The van der Waals surface area contributed by atoms with E-state index in [1.54, 1.807) is 49.0 Å². The fourth-order valence-electron chi connectivity index (χ4n) is 3.38. The Labute approximate surface area is 181 Å². The zero-order valence-corrected chi connectivity index (χ0v) is 18.1. The molecule has 2 heterocycles. The van der Waals surface area contributed by atoms with E-state index in [1.165, 1.54) is 4.90 Å². The topological polar surface area (TPSA) is 73.8 Å². The number of rotatable bonds is 4. The van der Waals surface area contributed by atoms with Crippen molar-refractivity contribution in [3.8, 4) is 0 Å². The molecule has 0 atom stereocenters. The molecule has 0 saturated carbocycles. The number of benzene rings is 1. The van der Waals surface area contributed by atoms with Gasteiger partial charge in [-0.1, -0.05) is 29.8 Å². The van der Waals surface area contributed by atoms with Gasteiger partial charge in [-0.15, -0.1) is 0 Å². The first-order valence-electron chi connectivity index (χ1n) is 9.77. The molecule has 1 aromatic heterocycles. The van der Waals surface area contributed by atoms with Crippen LogP contribution >= 0.6 is 11.6 Å². The van der Waals surface area contributed by atoms with Gasteiger partial charge in [0.25, 0.3) is 11.8 Å². The Balaban J connectivity index is 1.61. The predicted octanol–water partition coefficient (Wildman–Crippen LogP) is 2.27. The first kappa shape index (κ1) is 21.8. The summed E-state index contributed by atoms with van der Waals surface area (Å²) >= 11 is 6.15. The number of aromatic nitrogens is 1. The van der Waals surface area contributed by atoms with Crippen molar-refractivity contribution >= 4 is 29.3 Å². The van der Waals surface area contributed by atoms with Crippen LogP contribution in [0.3, 0.4) is 0 Å². The van der Waals surface area contributed by atoms with E-state index >= 15 is 0 Å². The maximum absolute atomic E-state index is 12.9. The zero-order valence-electron chi connectivity index (χ0n) is 17.4. The van der Waals surface area contributed by atoms with Gasteiger partial charge < -0.3 is 14.7 Å². The summed E-state index contributed by atoms with van der Waals surface area (Å²) < 4.78 is 0. The van der Waals surface area contributed by atoms with E-state index in [1.807, 2.05) is 18.2 Å². The number of hydrogen-bond donors (Lipinski definition) is 0. The van der Waals surface area contributed by atoms with E-state index < -0.39 is 0 Å². The quantitative estimate of drug-likeness (QED) is 0.748. The minimum absolute atomic E-state index is 0.000373. The maximum atomic E-state index is 12.9. The number of hydrogen-bond acceptors (Lipinski definition) is 4. The SMILES string of the molecule is Cc1nc(C(=O)N(C)C)ccc1C(=O)N1CCN(C(=O)Cc2ccccc2Cl)CC1. The predicted molar refractivity (Wildman–Crippen MR) is 115 cm³/mol. The number of nitrogens with zero attached hydrogens (tertiary/aromatic N) is 4. The Kier molecular flexibility index (Phi) is 6.72. The molecule has 0 N–H and O–H groups in total. The molecular formula is C22H25ClN4O3. The lowest BCUT2D eigenvalue weighted by molar-refractivity contribution is -0.131. The number of halogens is 1. The molecule has 1 aliphatic rings. The molecule has 0 aliphatic carbocycles. The van der Waals surface area contributed by atoms with Crippen LogP contribution in [0.15, 0.2) is 36.4 Å². The first-order chi connectivity index (χ1) is 14.3. The number of carbonyl (C=O) groups excluding carboxylic acids is 3. The van der Waals surface area contributed by atoms with Crippen LogP contribution in [0.5, 0.6) is 0 Å². The zero-order chi connectivity index (χ0) is 21.8. The minimum Gasteiger partial charge on any atom is -0.343 e. The van der Waals surface area contributed by atoms with Crippen molar-refractivity contribution in [3.05, 3.63) is 63.9 Å². The molecule has 3 rings (SSSR count). The van der Waals surface area contributed by atoms with Gasteiger partial charge in [0.15, 0.2) is 0 Å². The van der Waals surface area contributed by atoms with Gasteiger partial charge in [-0.25, -0.2) is 4.98 Å².